The van der Waals surface area contributed by atoms with Crippen LogP contribution in [0.15, 0.2) is 97.1 Å². The first-order chi connectivity index (χ1) is 12.9. The second-order valence-corrected chi connectivity index (χ2v) is 5.93. The average Bonchev–Trinajstić information content (AvgIpc) is 2.72. The molecule has 0 amide bonds. The summed E-state index contributed by atoms with van der Waals surface area (Å²) >= 11 is 0. The van der Waals surface area contributed by atoms with Crippen molar-refractivity contribution in [2.75, 3.05) is 6.61 Å². The first-order valence-electron chi connectivity index (χ1n) is 8.86. The number of hydrogen-bond acceptors (Lipinski definition) is 1. The minimum atomic E-state index is 0.644. The van der Waals surface area contributed by atoms with Gasteiger partial charge in [0.05, 0.1) is 13.2 Å². The molecule has 0 aliphatic heterocycles. The Labute approximate surface area is 156 Å². The van der Waals surface area contributed by atoms with E-state index in [0.29, 0.717) is 13.2 Å². The van der Waals surface area contributed by atoms with E-state index in [1.807, 2.05) is 66.7 Å². The zero-order chi connectivity index (χ0) is 17.9. The molecule has 0 saturated heterocycles. The molecule has 26 heavy (non-hydrogen) atoms. The molecule has 0 aromatic heterocycles. The molecule has 128 valence electrons. The Balaban J connectivity index is 1.64. The van der Waals surface area contributed by atoms with Crippen LogP contribution >= 0.6 is 0 Å². The van der Waals surface area contributed by atoms with E-state index in [0.717, 1.165) is 23.1 Å². The van der Waals surface area contributed by atoms with Gasteiger partial charge in [-0.25, -0.2) is 0 Å². The van der Waals surface area contributed by atoms with Crippen LogP contribution in [0.3, 0.4) is 0 Å². The predicted molar refractivity (Wildman–Crippen MR) is 108 cm³/mol. The van der Waals surface area contributed by atoms with Crippen molar-refractivity contribution in [3.8, 4) is 11.8 Å². The van der Waals surface area contributed by atoms with E-state index in [1.54, 1.807) is 0 Å². The summed E-state index contributed by atoms with van der Waals surface area (Å²) in [6, 6.07) is 30.6. The van der Waals surface area contributed by atoms with Crippen LogP contribution in [0.4, 0.5) is 0 Å². The number of ether oxygens (including phenoxy) is 1. The van der Waals surface area contributed by atoms with Gasteiger partial charge < -0.3 is 4.74 Å². The van der Waals surface area contributed by atoms with Crippen LogP contribution in [0.5, 0.6) is 0 Å². The van der Waals surface area contributed by atoms with Crippen LogP contribution in [-0.4, -0.2) is 6.61 Å². The van der Waals surface area contributed by atoms with Crippen molar-refractivity contribution < 1.29 is 4.74 Å². The maximum Gasteiger partial charge on any atom is 0.0717 e. The molecular formula is C25H22O. The number of rotatable bonds is 6. The van der Waals surface area contributed by atoms with Gasteiger partial charge in [0.25, 0.3) is 0 Å². The Morgan fingerprint density at radius 1 is 0.769 bits per heavy atom. The van der Waals surface area contributed by atoms with Crippen LogP contribution in [0, 0.1) is 11.8 Å². The summed E-state index contributed by atoms with van der Waals surface area (Å²) in [6.45, 7) is 1.32. The van der Waals surface area contributed by atoms with Crippen molar-refractivity contribution in [2.24, 2.45) is 0 Å². The highest BCUT2D eigenvalue weighted by Gasteiger charge is 1.98. The van der Waals surface area contributed by atoms with Crippen molar-refractivity contribution >= 4 is 5.57 Å². The van der Waals surface area contributed by atoms with Crippen molar-refractivity contribution in [3.63, 3.8) is 0 Å². The molecule has 0 aliphatic carbocycles. The molecule has 0 spiro atoms. The van der Waals surface area contributed by atoms with Crippen LogP contribution in [0.2, 0.25) is 0 Å². The topological polar surface area (TPSA) is 9.23 Å². The van der Waals surface area contributed by atoms with Gasteiger partial charge in [0, 0.05) is 11.1 Å². The minimum absolute atomic E-state index is 0.644. The number of hydrogen-bond donors (Lipinski definition) is 0. The third-order valence-electron chi connectivity index (χ3n) is 3.92. The lowest BCUT2D eigenvalue weighted by Crippen LogP contribution is -1.94. The summed E-state index contributed by atoms with van der Waals surface area (Å²) in [7, 11) is 0. The molecule has 0 atom stereocenters. The summed E-state index contributed by atoms with van der Waals surface area (Å²) in [5.41, 5.74) is 4.40. The molecule has 3 aromatic carbocycles. The van der Waals surface area contributed by atoms with Crippen molar-refractivity contribution in [3.05, 3.63) is 114 Å². The largest absolute Gasteiger partial charge is 0.376 e. The van der Waals surface area contributed by atoms with E-state index in [1.165, 1.54) is 5.56 Å². The Kier molecular flexibility index (Phi) is 6.84. The maximum absolute atomic E-state index is 5.78. The van der Waals surface area contributed by atoms with Gasteiger partial charge in [-0.2, -0.15) is 0 Å². The van der Waals surface area contributed by atoms with Gasteiger partial charge in [-0.05, 0) is 29.7 Å². The Bertz CT molecular complexity index is 869. The highest BCUT2D eigenvalue weighted by molar-refractivity contribution is 5.79. The highest BCUT2D eigenvalue weighted by atomic mass is 16.5. The molecule has 3 aromatic rings. The fourth-order valence-corrected chi connectivity index (χ4v) is 2.57. The molecule has 0 aliphatic rings. The van der Waals surface area contributed by atoms with Crippen molar-refractivity contribution in [1.29, 1.82) is 0 Å². The molecule has 0 heterocycles. The molecule has 3 rings (SSSR count). The first-order valence-corrected chi connectivity index (χ1v) is 8.86. The normalized spacial score (nSPS) is 10.8. The second-order valence-electron chi connectivity index (χ2n) is 5.93. The van der Waals surface area contributed by atoms with Gasteiger partial charge in [0.1, 0.15) is 0 Å². The van der Waals surface area contributed by atoms with E-state index in [2.05, 4.69) is 42.2 Å². The second kappa shape index (κ2) is 10.0. The average molecular weight is 338 g/mol. The highest BCUT2D eigenvalue weighted by Crippen LogP contribution is 2.14. The monoisotopic (exact) mass is 338 g/mol. The molecule has 0 fully saturated rings. The van der Waals surface area contributed by atoms with Gasteiger partial charge in [-0.1, -0.05) is 96.8 Å². The Morgan fingerprint density at radius 2 is 1.38 bits per heavy atom. The fraction of sp³-hybridized carbons (Fsp3) is 0.120. The zero-order valence-corrected chi connectivity index (χ0v) is 14.8. The maximum atomic E-state index is 5.78. The van der Waals surface area contributed by atoms with Gasteiger partial charge in [0.2, 0.25) is 0 Å². The van der Waals surface area contributed by atoms with Crippen molar-refractivity contribution in [2.45, 2.75) is 13.0 Å². The molecule has 1 nitrogen and oxygen atoms in total. The molecular weight excluding hydrogens is 316 g/mol. The smallest absolute Gasteiger partial charge is 0.0717 e. The number of allylic oxidation sites excluding steroid dienone is 1. The standard InChI is InChI=1S/C25H22O/c1-4-11-22(12-5-1)18-19-25(24-15-8-3-9-16-24)17-10-20-26-21-23-13-6-2-7-14-23/h1-9,11-17H,10,20-21H2/b25-17+. The third kappa shape index (κ3) is 5.77. The van der Waals surface area contributed by atoms with Crippen LogP contribution in [0.25, 0.3) is 5.57 Å². The Hall–Kier alpha value is -3.08. The third-order valence-corrected chi connectivity index (χ3v) is 3.92. The quantitative estimate of drug-likeness (QED) is 0.412. The fourth-order valence-electron chi connectivity index (χ4n) is 2.57. The summed E-state index contributed by atoms with van der Waals surface area (Å²) < 4.78 is 5.78. The zero-order valence-electron chi connectivity index (χ0n) is 14.8. The lowest BCUT2D eigenvalue weighted by Gasteiger charge is -2.04. The molecule has 0 radical (unpaired) electrons. The van der Waals surface area contributed by atoms with Gasteiger partial charge in [0.15, 0.2) is 0 Å². The summed E-state index contributed by atoms with van der Waals surface area (Å²) in [6.07, 6.45) is 3.00. The van der Waals surface area contributed by atoms with E-state index in [4.69, 9.17) is 4.74 Å². The lowest BCUT2D eigenvalue weighted by molar-refractivity contribution is 0.125. The van der Waals surface area contributed by atoms with Gasteiger partial charge >= 0.3 is 0 Å². The summed E-state index contributed by atoms with van der Waals surface area (Å²) in [4.78, 5) is 0. The molecule has 0 N–H and O–H groups in total. The van der Waals surface area contributed by atoms with Gasteiger partial charge in [-0.3, -0.25) is 0 Å². The van der Waals surface area contributed by atoms with Crippen LogP contribution in [0.1, 0.15) is 23.1 Å². The molecule has 0 bridgehead atoms. The predicted octanol–water partition coefficient (Wildman–Crippen LogP) is 5.73. The molecule has 0 saturated carbocycles. The SMILES string of the molecule is C(#Cc1ccccc1)/C(=C\CCOCc1ccccc1)c1ccccc1. The van der Waals surface area contributed by atoms with E-state index in [9.17, 15) is 0 Å². The lowest BCUT2D eigenvalue weighted by atomic mass is 10.0. The van der Waals surface area contributed by atoms with Crippen molar-refractivity contribution in [1.82, 2.24) is 0 Å². The van der Waals surface area contributed by atoms with E-state index < -0.39 is 0 Å². The first kappa shape index (κ1) is 17.7. The number of benzene rings is 3. The van der Waals surface area contributed by atoms with E-state index in [-0.39, 0.29) is 0 Å². The minimum Gasteiger partial charge on any atom is -0.376 e. The van der Waals surface area contributed by atoms with Crippen LogP contribution in [-0.2, 0) is 11.3 Å². The van der Waals surface area contributed by atoms with E-state index >= 15 is 0 Å². The van der Waals surface area contributed by atoms with Gasteiger partial charge in [-0.15, -0.1) is 0 Å². The molecule has 0 unspecified atom stereocenters. The molecule has 1 heteroatoms. The van der Waals surface area contributed by atoms with Crippen LogP contribution < -0.4 is 0 Å². The Morgan fingerprint density at radius 3 is 2.08 bits per heavy atom. The summed E-state index contributed by atoms with van der Waals surface area (Å²) in [5, 5.41) is 0. The summed E-state index contributed by atoms with van der Waals surface area (Å²) in [5.74, 6) is 6.57.